The summed E-state index contributed by atoms with van der Waals surface area (Å²) in [4.78, 5) is 0. The Hall–Kier alpha value is -1.06. The third-order valence-corrected chi connectivity index (χ3v) is 3.69. The molecule has 1 aromatic rings. The Bertz CT molecular complexity index is 474. The van der Waals surface area contributed by atoms with Crippen molar-refractivity contribution in [3.8, 4) is 5.75 Å². The van der Waals surface area contributed by atoms with Gasteiger partial charge < -0.3 is 14.2 Å². The second-order valence-electron chi connectivity index (χ2n) is 7.58. The molecule has 0 N–H and O–H groups in total. The molecule has 0 amide bonds. The maximum absolute atomic E-state index is 6.05. The van der Waals surface area contributed by atoms with E-state index in [2.05, 4.69) is 59.7 Å². The molecule has 0 aliphatic carbocycles. The van der Waals surface area contributed by atoms with Crippen molar-refractivity contribution in [3.05, 3.63) is 29.3 Å². The monoisotopic (exact) mass is 294 g/mol. The van der Waals surface area contributed by atoms with Crippen LogP contribution in [0.25, 0.3) is 0 Å². The lowest BCUT2D eigenvalue weighted by molar-refractivity contribution is -0.309. The number of rotatable bonds is 4. The highest BCUT2D eigenvalue weighted by atomic mass is 16.9. The van der Waals surface area contributed by atoms with Crippen molar-refractivity contribution in [2.75, 3.05) is 14.2 Å². The Morgan fingerprint density at radius 3 is 1.67 bits per heavy atom. The highest BCUT2D eigenvalue weighted by Gasteiger charge is 2.30. The molecule has 0 fully saturated rings. The van der Waals surface area contributed by atoms with Gasteiger partial charge in [0, 0.05) is 21.1 Å². The smallest absolute Gasteiger partial charge is 0.323 e. The van der Waals surface area contributed by atoms with E-state index in [0.29, 0.717) is 0 Å². The van der Waals surface area contributed by atoms with Crippen LogP contribution < -0.4 is 4.74 Å². The van der Waals surface area contributed by atoms with Crippen molar-refractivity contribution in [2.45, 2.75) is 65.3 Å². The first-order chi connectivity index (χ1) is 9.43. The van der Waals surface area contributed by atoms with Gasteiger partial charge in [-0.3, -0.25) is 0 Å². The molecule has 0 unspecified atom stereocenters. The Balaban J connectivity index is 3.37. The van der Waals surface area contributed by atoms with Crippen molar-refractivity contribution < 1.29 is 14.2 Å². The second kappa shape index (κ2) is 5.98. The fourth-order valence-electron chi connectivity index (χ4n) is 2.06. The van der Waals surface area contributed by atoms with Gasteiger partial charge in [0.15, 0.2) is 0 Å². The molecule has 120 valence electrons. The SMILES string of the molecule is COC(C)(OC)Oc1cc(C(C)(C)C)ccc1C(C)(C)C. The second-order valence-corrected chi connectivity index (χ2v) is 7.58. The van der Waals surface area contributed by atoms with Crippen molar-refractivity contribution in [1.29, 1.82) is 0 Å². The topological polar surface area (TPSA) is 27.7 Å². The molecule has 1 aromatic carbocycles. The van der Waals surface area contributed by atoms with Crippen molar-refractivity contribution in [1.82, 2.24) is 0 Å². The summed E-state index contributed by atoms with van der Waals surface area (Å²) in [6.07, 6.45) is 0. The van der Waals surface area contributed by atoms with E-state index < -0.39 is 5.97 Å². The van der Waals surface area contributed by atoms with Gasteiger partial charge in [-0.1, -0.05) is 53.7 Å². The normalized spacial score (nSPS) is 13.4. The molecule has 0 aromatic heterocycles. The summed E-state index contributed by atoms with van der Waals surface area (Å²) >= 11 is 0. The van der Waals surface area contributed by atoms with E-state index in [1.165, 1.54) is 5.56 Å². The van der Waals surface area contributed by atoms with Crippen LogP contribution in [0.4, 0.5) is 0 Å². The van der Waals surface area contributed by atoms with E-state index in [4.69, 9.17) is 14.2 Å². The van der Waals surface area contributed by atoms with Crippen LogP contribution in [0.2, 0.25) is 0 Å². The first-order valence-electron chi connectivity index (χ1n) is 7.37. The third kappa shape index (κ3) is 4.45. The predicted molar refractivity (Wildman–Crippen MR) is 86.9 cm³/mol. The average Bonchev–Trinajstić information content (AvgIpc) is 2.36. The maximum Gasteiger partial charge on any atom is 0.323 e. The standard InChI is InChI=1S/C18H30O3/c1-16(2,3)13-10-11-14(17(4,5)6)15(12-13)21-18(7,19-8)20-9/h10-12H,1-9H3. The largest absolute Gasteiger partial charge is 0.439 e. The van der Waals surface area contributed by atoms with Crippen LogP contribution in [0.5, 0.6) is 5.75 Å². The molecule has 0 spiro atoms. The van der Waals surface area contributed by atoms with E-state index in [0.717, 1.165) is 11.3 Å². The molecule has 3 heteroatoms. The lowest BCUT2D eigenvalue weighted by Crippen LogP contribution is -2.37. The Kier molecular flexibility index (Phi) is 5.12. The maximum atomic E-state index is 6.05. The molecule has 0 atom stereocenters. The fraction of sp³-hybridized carbons (Fsp3) is 0.667. The third-order valence-electron chi connectivity index (χ3n) is 3.69. The lowest BCUT2D eigenvalue weighted by atomic mass is 9.81. The minimum absolute atomic E-state index is 0.0197. The molecule has 0 bridgehead atoms. The van der Waals surface area contributed by atoms with Crippen LogP contribution >= 0.6 is 0 Å². The number of benzene rings is 1. The summed E-state index contributed by atoms with van der Waals surface area (Å²) in [7, 11) is 3.15. The number of methoxy groups -OCH3 is 2. The Morgan fingerprint density at radius 2 is 1.29 bits per heavy atom. The molecule has 0 saturated heterocycles. The van der Waals surface area contributed by atoms with Gasteiger partial charge in [0.2, 0.25) is 0 Å². The molecule has 0 saturated carbocycles. The molecule has 3 nitrogen and oxygen atoms in total. The minimum Gasteiger partial charge on any atom is -0.439 e. The lowest BCUT2D eigenvalue weighted by Gasteiger charge is -2.32. The van der Waals surface area contributed by atoms with E-state index in [1.54, 1.807) is 21.1 Å². The van der Waals surface area contributed by atoms with Crippen molar-refractivity contribution >= 4 is 0 Å². The first-order valence-corrected chi connectivity index (χ1v) is 7.37. The molecule has 0 aliphatic heterocycles. The van der Waals surface area contributed by atoms with Gasteiger partial charge in [-0.15, -0.1) is 0 Å². The molecule has 1 rings (SSSR count). The summed E-state index contributed by atoms with van der Waals surface area (Å²) in [5.41, 5.74) is 2.40. The van der Waals surface area contributed by atoms with Crippen LogP contribution in [0.1, 0.15) is 59.6 Å². The van der Waals surface area contributed by atoms with Crippen molar-refractivity contribution in [2.24, 2.45) is 0 Å². The molecular weight excluding hydrogens is 264 g/mol. The Morgan fingerprint density at radius 1 is 0.762 bits per heavy atom. The van der Waals surface area contributed by atoms with Gasteiger partial charge in [0.1, 0.15) is 5.75 Å². The summed E-state index contributed by atoms with van der Waals surface area (Å²) in [6.45, 7) is 14.8. The van der Waals surface area contributed by atoms with E-state index >= 15 is 0 Å². The fourth-order valence-corrected chi connectivity index (χ4v) is 2.06. The van der Waals surface area contributed by atoms with Gasteiger partial charge in [0.05, 0.1) is 0 Å². The molecule has 0 aliphatic rings. The van der Waals surface area contributed by atoms with Crippen LogP contribution in [0.15, 0.2) is 18.2 Å². The molecule has 21 heavy (non-hydrogen) atoms. The zero-order chi connectivity index (χ0) is 16.5. The van der Waals surface area contributed by atoms with Gasteiger partial charge in [0.25, 0.3) is 0 Å². The summed E-state index contributed by atoms with van der Waals surface area (Å²) < 4.78 is 16.7. The summed E-state index contributed by atoms with van der Waals surface area (Å²) in [5.74, 6) is -0.280. The quantitative estimate of drug-likeness (QED) is 0.758. The molecule has 0 heterocycles. The molecular formula is C18H30O3. The van der Waals surface area contributed by atoms with Crippen molar-refractivity contribution in [3.63, 3.8) is 0 Å². The highest BCUT2D eigenvalue weighted by molar-refractivity contribution is 5.43. The number of hydrogen-bond donors (Lipinski definition) is 0. The summed E-state index contributed by atoms with van der Waals surface area (Å²) in [6, 6.07) is 6.41. The van der Waals surface area contributed by atoms with Gasteiger partial charge in [-0.2, -0.15) is 0 Å². The van der Waals surface area contributed by atoms with E-state index in [-0.39, 0.29) is 10.8 Å². The zero-order valence-corrected chi connectivity index (χ0v) is 15.0. The van der Waals surface area contributed by atoms with Crippen LogP contribution in [-0.4, -0.2) is 20.2 Å². The molecule has 0 radical (unpaired) electrons. The highest BCUT2D eigenvalue weighted by Crippen LogP contribution is 2.37. The Labute approximate surface area is 129 Å². The van der Waals surface area contributed by atoms with E-state index in [1.807, 2.05) is 0 Å². The van der Waals surface area contributed by atoms with Gasteiger partial charge in [-0.25, -0.2) is 0 Å². The predicted octanol–water partition coefficient (Wildman–Crippen LogP) is 4.63. The first kappa shape index (κ1) is 18.0. The van der Waals surface area contributed by atoms with Gasteiger partial charge in [-0.05, 0) is 28.0 Å². The number of hydrogen-bond acceptors (Lipinski definition) is 3. The van der Waals surface area contributed by atoms with E-state index in [9.17, 15) is 0 Å². The number of ether oxygens (including phenoxy) is 3. The van der Waals surface area contributed by atoms with Crippen LogP contribution in [-0.2, 0) is 20.3 Å². The zero-order valence-electron chi connectivity index (χ0n) is 15.0. The van der Waals surface area contributed by atoms with Crippen LogP contribution in [0, 0.1) is 0 Å². The minimum atomic E-state index is -1.09. The summed E-state index contributed by atoms with van der Waals surface area (Å²) in [5, 5.41) is 0. The van der Waals surface area contributed by atoms with Gasteiger partial charge >= 0.3 is 5.97 Å². The average molecular weight is 294 g/mol. The van der Waals surface area contributed by atoms with Crippen LogP contribution in [0.3, 0.4) is 0 Å².